The molecule has 3 heterocycles. The summed E-state index contributed by atoms with van der Waals surface area (Å²) in [7, 11) is 0. The number of benzene rings is 2. The lowest BCUT2D eigenvalue weighted by atomic mass is 10.1. The Balaban J connectivity index is 1.35. The summed E-state index contributed by atoms with van der Waals surface area (Å²) < 4.78 is 0.896. The van der Waals surface area contributed by atoms with Crippen molar-refractivity contribution in [3.63, 3.8) is 0 Å². The Bertz CT molecular complexity index is 1320. The lowest BCUT2D eigenvalue weighted by Gasteiger charge is -2.17. The molecule has 0 radical (unpaired) electrons. The van der Waals surface area contributed by atoms with Crippen LogP contribution in [0.5, 0.6) is 0 Å². The highest BCUT2D eigenvalue weighted by atomic mass is 79.9. The van der Waals surface area contributed by atoms with Crippen molar-refractivity contribution in [1.29, 1.82) is 0 Å². The second-order valence-electron chi connectivity index (χ2n) is 7.75. The number of thiazole rings is 1. The average molecular weight is 507 g/mol. The molecule has 2 aromatic heterocycles. The van der Waals surface area contributed by atoms with Gasteiger partial charge in [-0.1, -0.05) is 45.5 Å². The van der Waals surface area contributed by atoms with Crippen molar-refractivity contribution in [2.45, 2.75) is 13.3 Å². The van der Waals surface area contributed by atoms with Crippen molar-refractivity contribution in [3.8, 4) is 10.6 Å². The fourth-order valence-electron chi connectivity index (χ4n) is 3.79. The van der Waals surface area contributed by atoms with E-state index in [4.69, 9.17) is 0 Å². The van der Waals surface area contributed by atoms with E-state index >= 15 is 0 Å². The van der Waals surface area contributed by atoms with Gasteiger partial charge in [0.05, 0.1) is 5.92 Å². The molecule has 4 aromatic rings. The molecule has 2 aromatic carbocycles. The normalized spacial score (nSPS) is 16.0. The zero-order valence-corrected chi connectivity index (χ0v) is 19.6. The van der Waals surface area contributed by atoms with Crippen molar-refractivity contribution in [2.75, 3.05) is 16.8 Å². The molecule has 1 saturated heterocycles. The summed E-state index contributed by atoms with van der Waals surface area (Å²) >= 11 is 4.96. The number of hydrogen-bond donors (Lipinski definition) is 1. The Morgan fingerprint density at radius 1 is 1.19 bits per heavy atom. The van der Waals surface area contributed by atoms with Gasteiger partial charge in [-0.3, -0.25) is 9.59 Å². The first-order valence-corrected chi connectivity index (χ1v) is 11.8. The number of halogens is 1. The molecule has 0 saturated carbocycles. The molecule has 1 aliphatic heterocycles. The standard InChI is InChI=1S/C24H19BrN4O2S/c1-14-7-8-15(23-28-19-6-3-9-26-24(19)32-23)10-20(14)27-22(31)16-11-21(30)29(13-16)18-5-2-4-17(25)12-18/h2-10,12,16H,11,13H2,1H3,(H,27,31). The van der Waals surface area contributed by atoms with Gasteiger partial charge in [-0.15, -0.1) is 0 Å². The molecule has 0 spiro atoms. The summed E-state index contributed by atoms with van der Waals surface area (Å²) in [4.78, 5) is 37.2. The van der Waals surface area contributed by atoms with Crippen LogP contribution in [0.15, 0.2) is 65.3 Å². The van der Waals surface area contributed by atoms with Crippen LogP contribution < -0.4 is 10.2 Å². The lowest BCUT2D eigenvalue weighted by Crippen LogP contribution is -2.28. The van der Waals surface area contributed by atoms with Crippen LogP contribution in [-0.4, -0.2) is 28.3 Å². The second-order valence-corrected chi connectivity index (χ2v) is 9.64. The van der Waals surface area contributed by atoms with Gasteiger partial charge >= 0.3 is 0 Å². The Morgan fingerprint density at radius 2 is 2.06 bits per heavy atom. The minimum Gasteiger partial charge on any atom is -0.326 e. The molecule has 160 valence electrons. The van der Waals surface area contributed by atoms with Crippen LogP contribution in [0, 0.1) is 12.8 Å². The van der Waals surface area contributed by atoms with Crippen LogP contribution in [0.4, 0.5) is 11.4 Å². The molecule has 1 fully saturated rings. The molecule has 32 heavy (non-hydrogen) atoms. The molecule has 8 heteroatoms. The van der Waals surface area contributed by atoms with Crippen LogP contribution in [0.1, 0.15) is 12.0 Å². The highest BCUT2D eigenvalue weighted by molar-refractivity contribution is 9.10. The number of nitrogens with one attached hydrogen (secondary N) is 1. The molecular weight excluding hydrogens is 488 g/mol. The number of pyridine rings is 1. The number of aryl methyl sites for hydroxylation is 1. The van der Waals surface area contributed by atoms with Crippen LogP contribution >= 0.6 is 27.3 Å². The maximum Gasteiger partial charge on any atom is 0.229 e. The first kappa shape index (κ1) is 20.8. The van der Waals surface area contributed by atoms with Gasteiger partial charge < -0.3 is 10.2 Å². The molecule has 6 nitrogen and oxygen atoms in total. The number of anilines is 2. The Kier molecular flexibility index (Phi) is 5.48. The SMILES string of the molecule is Cc1ccc(-c2nc3cccnc3s2)cc1NC(=O)C1CC(=O)N(c2cccc(Br)c2)C1. The van der Waals surface area contributed by atoms with E-state index in [1.165, 1.54) is 11.3 Å². The van der Waals surface area contributed by atoms with Gasteiger partial charge in [0.15, 0.2) is 0 Å². The van der Waals surface area contributed by atoms with E-state index in [0.29, 0.717) is 6.54 Å². The molecule has 0 aliphatic carbocycles. The van der Waals surface area contributed by atoms with Gasteiger partial charge in [0.25, 0.3) is 0 Å². The number of aromatic nitrogens is 2. The fraction of sp³-hybridized carbons (Fsp3) is 0.167. The molecule has 1 unspecified atom stereocenters. The minimum absolute atomic E-state index is 0.0456. The lowest BCUT2D eigenvalue weighted by molar-refractivity contribution is -0.122. The highest BCUT2D eigenvalue weighted by Gasteiger charge is 2.35. The first-order chi connectivity index (χ1) is 15.5. The molecule has 1 N–H and O–H groups in total. The predicted molar refractivity (Wildman–Crippen MR) is 131 cm³/mol. The van der Waals surface area contributed by atoms with Gasteiger partial charge in [-0.05, 0) is 48.9 Å². The van der Waals surface area contributed by atoms with Crippen molar-refractivity contribution in [1.82, 2.24) is 9.97 Å². The van der Waals surface area contributed by atoms with E-state index in [9.17, 15) is 9.59 Å². The van der Waals surface area contributed by atoms with E-state index in [-0.39, 0.29) is 18.2 Å². The number of rotatable bonds is 4. The van der Waals surface area contributed by atoms with Crippen molar-refractivity contribution in [2.24, 2.45) is 5.92 Å². The largest absolute Gasteiger partial charge is 0.326 e. The quantitative estimate of drug-likeness (QED) is 0.400. The van der Waals surface area contributed by atoms with Crippen LogP contribution in [0.2, 0.25) is 0 Å². The average Bonchev–Trinajstić information content (AvgIpc) is 3.39. The summed E-state index contributed by atoms with van der Waals surface area (Å²) in [6.45, 7) is 2.32. The van der Waals surface area contributed by atoms with Crippen molar-refractivity contribution >= 4 is 60.8 Å². The third-order valence-corrected chi connectivity index (χ3v) is 7.05. The maximum absolute atomic E-state index is 13.0. The van der Waals surface area contributed by atoms with Crippen molar-refractivity contribution < 1.29 is 9.59 Å². The Hall–Kier alpha value is -3.10. The summed E-state index contributed by atoms with van der Waals surface area (Å²) in [5.41, 5.74) is 4.26. The number of carbonyl (C=O) groups excluding carboxylic acids is 2. The van der Waals surface area contributed by atoms with E-state index in [1.54, 1.807) is 11.1 Å². The minimum atomic E-state index is -0.406. The van der Waals surface area contributed by atoms with E-state index in [2.05, 4.69) is 31.2 Å². The summed E-state index contributed by atoms with van der Waals surface area (Å²) in [6, 6.07) is 17.3. The zero-order valence-electron chi connectivity index (χ0n) is 17.2. The zero-order chi connectivity index (χ0) is 22.2. The third kappa shape index (κ3) is 4.03. The maximum atomic E-state index is 13.0. The van der Waals surface area contributed by atoms with Crippen LogP contribution in [0.3, 0.4) is 0 Å². The third-order valence-electron chi connectivity index (χ3n) is 5.52. The van der Waals surface area contributed by atoms with Crippen LogP contribution in [-0.2, 0) is 9.59 Å². The van der Waals surface area contributed by atoms with Gasteiger partial charge in [0.1, 0.15) is 15.4 Å². The number of amides is 2. The van der Waals surface area contributed by atoms with Gasteiger partial charge in [-0.25, -0.2) is 9.97 Å². The van der Waals surface area contributed by atoms with Crippen LogP contribution in [0.25, 0.3) is 20.9 Å². The van der Waals surface area contributed by atoms with Gasteiger partial charge in [0, 0.05) is 40.6 Å². The predicted octanol–water partition coefficient (Wildman–Crippen LogP) is 5.42. The molecule has 0 bridgehead atoms. The topological polar surface area (TPSA) is 75.2 Å². The number of nitrogens with zero attached hydrogens (tertiary/aromatic N) is 3. The fourth-order valence-corrected chi connectivity index (χ4v) is 5.09. The molecule has 2 amide bonds. The Morgan fingerprint density at radius 3 is 2.88 bits per heavy atom. The second kappa shape index (κ2) is 8.44. The van der Waals surface area contributed by atoms with Gasteiger partial charge in [0.2, 0.25) is 11.8 Å². The van der Waals surface area contributed by atoms with E-state index in [1.807, 2.05) is 61.5 Å². The number of hydrogen-bond acceptors (Lipinski definition) is 5. The Labute approximate surface area is 197 Å². The van der Waals surface area contributed by atoms with E-state index in [0.717, 1.165) is 42.3 Å². The first-order valence-electron chi connectivity index (χ1n) is 10.2. The summed E-state index contributed by atoms with van der Waals surface area (Å²) in [6.07, 6.45) is 1.95. The summed E-state index contributed by atoms with van der Waals surface area (Å²) in [5, 5.41) is 3.89. The van der Waals surface area contributed by atoms with Gasteiger partial charge in [-0.2, -0.15) is 0 Å². The monoisotopic (exact) mass is 506 g/mol. The number of fused-ring (bicyclic) bond motifs is 1. The molecule has 1 aliphatic rings. The number of carbonyl (C=O) groups is 2. The summed E-state index contributed by atoms with van der Waals surface area (Å²) in [5.74, 6) is -0.603. The van der Waals surface area contributed by atoms with Crippen molar-refractivity contribution in [3.05, 3.63) is 70.8 Å². The van der Waals surface area contributed by atoms with E-state index < -0.39 is 5.92 Å². The highest BCUT2D eigenvalue weighted by Crippen LogP contribution is 2.32. The molecule has 1 atom stereocenters. The molecule has 5 rings (SSSR count). The molecular formula is C24H19BrN4O2S. The smallest absolute Gasteiger partial charge is 0.229 e.